The Labute approximate surface area is 203 Å². The van der Waals surface area contributed by atoms with E-state index in [2.05, 4.69) is 59.4 Å². The molecule has 0 N–H and O–H groups in total. The van der Waals surface area contributed by atoms with Gasteiger partial charge in [0, 0.05) is 32.5 Å². The van der Waals surface area contributed by atoms with E-state index in [9.17, 15) is 0 Å². The molecule has 2 heterocycles. The monoisotopic (exact) mass is 591 g/mol. The summed E-state index contributed by atoms with van der Waals surface area (Å²) >= 11 is 0. The molecule has 2 nitrogen and oxygen atoms in total. The van der Waals surface area contributed by atoms with Gasteiger partial charge in [-0.3, -0.25) is 0 Å². The molecule has 32 heavy (non-hydrogen) atoms. The predicted molar refractivity (Wildman–Crippen MR) is 127 cm³/mol. The second-order valence-electron chi connectivity index (χ2n) is 7.02. The molecule has 0 amide bonds. The molecule has 0 spiro atoms. The van der Waals surface area contributed by atoms with Crippen LogP contribution in [-0.2, 0) is 20.1 Å². The van der Waals surface area contributed by atoms with Crippen LogP contribution in [0.5, 0.6) is 0 Å². The number of hydrogen-bond acceptors (Lipinski definition) is 2. The first-order valence-corrected chi connectivity index (χ1v) is 10.2. The van der Waals surface area contributed by atoms with Crippen LogP contribution in [-0.4, -0.2) is 9.97 Å². The van der Waals surface area contributed by atoms with Crippen LogP contribution >= 0.6 is 0 Å². The van der Waals surface area contributed by atoms with Gasteiger partial charge in [0.1, 0.15) is 0 Å². The summed E-state index contributed by atoms with van der Waals surface area (Å²) < 4.78 is 0. The average molecular weight is 591 g/mol. The van der Waals surface area contributed by atoms with Crippen molar-refractivity contribution < 1.29 is 20.1 Å². The van der Waals surface area contributed by atoms with Gasteiger partial charge in [0.15, 0.2) is 0 Å². The minimum absolute atomic E-state index is 0. The number of pyridine rings is 2. The van der Waals surface area contributed by atoms with Gasteiger partial charge < -0.3 is 9.97 Å². The third-order valence-corrected chi connectivity index (χ3v) is 4.82. The van der Waals surface area contributed by atoms with Crippen molar-refractivity contribution in [2.75, 3.05) is 0 Å². The maximum atomic E-state index is 4.38. The number of aryl methyl sites for hydroxylation is 1. The van der Waals surface area contributed by atoms with Gasteiger partial charge in [0.05, 0.1) is 0 Å². The topological polar surface area (TPSA) is 25.8 Å². The van der Waals surface area contributed by atoms with Gasteiger partial charge in [0.25, 0.3) is 0 Å². The Morgan fingerprint density at radius 3 is 1.88 bits per heavy atom. The van der Waals surface area contributed by atoms with Gasteiger partial charge in [0.2, 0.25) is 0 Å². The zero-order valence-electron chi connectivity index (χ0n) is 17.7. The smallest absolute Gasteiger partial charge is 0.0160 e. The Morgan fingerprint density at radius 1 is 0.625 bits per heavy atom. The Kier molecular flexibility index (Phi) is 8.62. The van der Waals surface area contributed by atoms with Gasteiger partial charge in [-0.15, -0.1) is 65.2 Å². The molecule has 0 aliphatic carbocycles. The zero-order valence-corrected chi connectivity index (χ0v) is 20.1. The van der Waals surface area contributed by atoms with Gasteiger partial charge >= 0.3 is 0 Å². The summed E-state index contributed by atoms with van der Waals surface area (Å²) in [5.41, 5.74) is 7.66. The standard InChI is InChI=1S/C18H14N.C11H8N.Ir/c1-14-13-16(15-7-3-2-4-8-15)10-11-17(14)18-9-5-6-12-19-18;1-2-6-10(7-3-1)11-8-4-5-9-12-11;/h2-10,12-13H,1H3;1-6,8-9H;/q2*-1;. The summed E-state index contributed by atoms with van der Waals surface area (Å²) in [6.07, 6.45) is 3.60. The fourth-order valence-corrected chi connectivity index (χ4v) is 3.27. The second-order valence-corrected chi connectivity index (χ2v) is 7.02. The van der Waals surface area contributed by atoms with E-state index in [1.165, 1.54) is 16.7 Å². The molecule has 0 saturated heterocycles. The summed E-state index contributed by atoms with van der Waals surface area (Å²) in [7, 11) is 0. The summed E-state index contributed by atoms with van der Waals surface area (Å²) in [5.74, 6) is 0. The van der Waals surface area contributed by atoms with Crippen molar-refractivity contribution in [1.29, 1.82) is 0 Å². The van der Waals surface area contributed by atoms with Gasteiger partial charge in [-0.1, -0.05) is 72.6 Å². The van der Waals surface area contributed by atoms with Crippen molar-refractivity contribution in [3.05, 3.63) is 133 Å². The molecule has 3 heteroatoms. The fourth-order valence-electron chi connectivity index (χ4n) is 3.27. The van der Waals surface area contributed by atoms with Crippen molar-refractivity contribution in [1.82, 2.24) is 9.97 Å². The number of rotatable bonds is 3. The number of benzene rings is 3. The summed E-state index contributed by atoms with van der Waals surface area (Å²) in [4.78, 5) is 8.60. The minimum Gasteiger partial charge on any atom is -0.305 e. The van der Waals surface area contributed by atoms with Gasteiger partial charge in [-0.25, -0.2) is 0 Å². The quantitative estimate of drug-likeness (QED) is 0.210. The maximum Gasteiger partial charge on any atom is 0.0160 e. The van der Waals surface area contributed by atoms with E-state index in [1.807, 2.05) is 79.0 Å². The molecule has 2 aromatic heterocycles. The largest absolute Gasteiger partial charge is 0.305 e. The first-order chi connectivity index (χ1) is 15.3. The molecule has 0 aliphatic rings. The maximum absolute atomic E-state index is 4.38. The van der Waals surface area contributed by atoms with Crippen LogP contribution in [0.25, 0.3) is 33.6 Å². The second kappa shape index (κ2) is 11.9. The van der Waals surface area contributed by atoms with Crippen LogP contribution < -0.4 is 0 Å². The third-order valence-electron chi connectivity index (χ3n) is 4.82. The molecular formula is C29H22IrN2-2. The molecule has 5 rings (SSSR count). The molecular weight excluding hydrogens is 569 g/mol. The number of hydrogen-bond donors (Lipinski definition) is 0. The van der Waals surface area contributed by atoms with Gasteiger partial charge in [-0.2, -0.15) is 0 Å². The van der Waals surface area contributed by atoms with Crippen molar-refractivity contribution in [2.45, 2.75) is 6.92 Å². The average Bonchev–Trinajstić information content (AvgIpc) is 2.86. The summed E-state index contributed by atoms with van der Waals surface area (Å²) in [5, 5.41) is 0. The van der Waals surface area contributed by atoms with E-state index >= 15 is 0 Å². The third kappa shape index (κ3) is 6.07. The molecule has 5 aromatic rings. The van der Waals surface area contributed by atoms with Crippen molar-refractivity contribution in [2.24, 2.45) is 0 Å². The van der Waals surface area contributed by atoms with E-state index < -0.39 is 0 Å². The van der Waals surface area contributed by atoms with Crippen molar-refractivity contribution in [3.63, 3.8) is 0 Å². The van der Waals surface area contributed by atoms with E-state index in [-0.39, 0.29) is 20.1 Å². The van der Waals surface area contributed by atoms with Gasteiger partial charge in [-0.05, 0) is 23.5 Å². The Bertz CT molecular complexity index is 1170. The number of nitrogens with zero attached hydrogens (tertiary/aromatic N) is 2. The van der Waals surface area contributed by atoms with E-state index in [1.54, 1.807) is 6.20 Å². The molecule has 0 fully saturated rings. The molecule has 159 valence electrons. The van der Waals surface area contributed by atoms with Crippen LogP contribution in [0.4, 0.5) is 0 Å². The van der Waals surface area contributed by atoms with E-state index in [0.717, 1.165) is 22.5 Å². The molecule has 3 aromatic carbocycles. The molecule has 0 unspecified atom stereocenters. The Hall–Kier alpha value is -3.39. The first kappa shape index (κ1) is 23.3. The molecule has 0 aliphatic heterocycles. The molecule has 0 atom stereocenters. The SMILES string of the molecule is Cc1cc(-c2ccccc2)c[c-]c1-c1ccccn1.[Ir].[c-]1ccccc1-c1ccccn1. The Balaban J connectivity index is 0.000000193. The van der Waals surface area contributed by atoms with Crippen LogP contribution in [0, 0.1) is 19.1 Å². The van der Waals surface area contributed by atoms with Crippen LogP contribution in [0.3, 0.4) is 0 Å². The molecule has 1 radical (unpaired) electrons. The first-order valence-electron chi connectivity index (χ1n) is 10.2. The molecule has 0 saturated carbocycles. The zero-order chi connectivity index (χ0) is 21.3. The normalized spacial score (nSPS) is 9.78. The van der Waals surface area contributed by atoms with Crippen LogP contribution in [0.15, 0.2) is 116 Å². The van der Waals surface area contributed by atoms with Crippen LogP contribution in [0.1, 0.15) is 5.56 Å². The predicted octanol–water partition coefficient (Wildman–Crippen LogP) is 7.07. The summed E-state index contributed by atoms with van der Waals surface area (Å²) in [6, 6.07) is 40.7. The van der Waals surface area contributed by atoms with E-state index in [4.69, 9.17) is 0 Å². The number of aromatic nitrogens is 2. The van der Waals surface area contributed by atoms with Crippen molar-refractivity contribution >= 4 is 0 Å². The fraction of sp³-hybridized carbons (Fsp3) is 0.0345. The Morgan fingerprint density at radius 2 is 1.28 bits per heavy atom. The minimum atomic E-state index is 0. The van der Waals surface area contributed by atoms with E-state index in [0.29, 0.717) is 0 Å². The van der Waals surface area contributed by atoms with Crippen LogP contribution in [0.2, 0.25) is 0 Å². The molecule has 0 bridgehead atoms. The van der Waals surface area contributed by atoms with Crippen molar-refractivity contribution in [3.8, 4) is 33.6 Å². The summed E-state index contributed by atoms with van der Waals surface area (Å²) in [6.45, 7) is 2.10.